The van der Waals surface area contributed by atoms with Crippen LogP contribution in [0.4, 0.5) is 21.6 Å². The van der Waals surface area contributed by atoms with Gasteiger partial charge in [0.15, 0.2) is 0 Å². The molecule has 3 aliphatic rings. The van der Waals surface area contributed by atoms with Gasteiger partial charge < -0.3 is 0 Å². The molecule has 1 aliphatic carbocycles. The number of aliphatic imine (C=N–C) groups is 1. The molecular formula is C30H20N2O2Se. The Labute approximate surface area is 209 Å². The minimum atomic E-state index is -0.235. The van der Waals surface area contributed by atoms with Crippen LogP contribution in [0.3, 0.4) is 0 Å². The molecule has 0 spiro atoms. The van der Waals surface area contributed by atoms with Crippen LogP contribution in [0.5, 0.6) is 0 Å². The monoisotopic (exact) mass is 520 g/mol. The number of para-hydroxylation sites is 2. The summed E-state index contributed by atoms with van der Waals surface area (Å²) in [5.41, 5.74) is 7.77. The maximum absolute atomic E-state index is 13.0. The molecule has 5 heteroatoms. The maximum atomic E-state index is 13.0. The molecule has 0 bridgehead atoms. The SMILES string of the molecule is CC1(C)c2cc(C=C3C(=O)c4ccccc4C3=O)[se]c2N2c3ccccc3C=Nc3cccc1c32. The van der Waals surface area contributed by atoms with Crippen LogP contribution < -0.4 is 4.90 Å². The third-order valence-corrected chi connectivity index (χ3v) is 9.47. The fourth-order valence-electron chi connectivity index (χ4n) is 5.42. The summed E-state index contributed by atoms with van der Waals surface area (Å²) in [6, 6.07) is 24.0. The van der Waals surface area contributed by atoms with E-state index in [0.29, 0.717) is 11.1 Å². The normalized spacial score (nSPS) is 16.4. The molecule has 3 aromatic carbocycles. The summed E-state index contributed by atoms with van der Waals surface area (Å²) in [4.78, 5) is 33.3. The van der Waals surface area contributed by atoms with Crippen molar-refractivity contribution < 1.29 is 9.59 Å². The van der Waals surface area contributed by atoms with E-state index in [-0.39, 0.29) is 37.1 Å². The minimum absolute atomic E-state index is 0.0861. The Morgan fingerprint density at radius 1 is 0.857 bits per heavy atom. The number of hydrogen-bond acceptors (Lipinski definition) is 4. The number of anilines is 3. The Hall–Kier alpha value is -3.79. The van der Waals surface area contributed by atoms with Crippen molar-refractivity contribution in [1.29, 1.82) is 0 Å². The molecule has 35 heavy (non-hydrogen) atoms. The van der Waals surface area contributed by atoms with Crippen molar-refractivity contribution in [1.82, 2.24) is 0 Å². The van der Waals surface area contributed by atoms with E-state index in [1.807, 2.05) is 30.5 Å². The van der Waals surface area contributed by atoms with Gasteiger partial charge in [0, 0.05) is 0 Å². The molecule has 0 unspecified atom stereocenters. The molecule has 0 saturated carbocycles. The van der Waals surface area contributed by atoms with Crippen molar-refractivity contribution >= 4 is 60.0 Å². The average Bonchev–Trinajstić information content (AvgIpc) is 3.34. The molecule has 0 amide bonds. The molecule has 2 aliphatic heterocycles. The van der Waals surface area contributed by atoms with Gasteiger partial charge in [0.05, 0.1) is 0 Å². The van der Waals surface area contributed by atoms with Gasteiger partial charge in [-0.1, -0.05) is 0 Å². The average molecular weight is 519 g/mol. The second kappa shape index (κ2) is 7.11. The summed E-state index contributed by atoms with van der Waals surface area (Å²) in [7, 11) is 0. The second-order valence-electron chi connectivity index (χ2n) is 9.58. The molecule has 168 valence electrons. The number of nitrogens with zero attached hydrogens (tertiary/aromatic N) is 2. The third-order valence-electron chi connectivity index (χ3n) is 7.23. The van der Waals surface area contributed by atoms with E-state index >= 15 is 0 Å². The van der Waals surface area contributed by atoms with Crippen LogP contribution in [-0.2, 0) is 5.41 Å². The molecule has 4 nitrogen and oxygen atoms in total. The first kappa shape index (κ1) is 20.6. The van der Waals surface area contributed by atoms with E-state index in [9.17, 15) is 9.59 Å². The quantitative estimate of drug-likeness (QED) is 0.147. The Kier molecular flexibility index (Phi) is 4.18. The second-order valence-corrected chi connectivity index (χ2v) is 11.8. The summed E-state index contributed by atoms with van der Waals surface area (Å²) >= 11 is -0.0861. The predicted octanol–water partition coefficient (Wildman–Crippen LogP) is 6.38. The number of rotatable bonds is 1. The number of allylic oxidation sites excluding steroid dienone is 1. The van der Waals surface area contributed by atoms with Crippen molar-refractivity contribution in [3.63, 3.8) is 0 Å². The van der Waals surface area contributed by atoms with Gasteiger partial charge in [0.1, 0.15) is 0 Å². The van der Waals surface area contributed by atoms with Gasteiger partial charge in [-0.15, -0.1) is 0 Å². The van der Waals surface area contributed by atoms with Gasteiger partial charge in [-0.25, -0.2) is 0 Å². The van der Waals surface area contributed by atoms with E-state index in [0.717, 1.165) is 27.1 Å². The first-order valence-electron chi connectivity index (χ1n) is 11.6. The summed E-state index contributed by atoms with van der Waals surface area (Å²) < 4.78 is 2.28. The van der Waals surface area contributed by atoms with Crippen LogP contribution in [0.15, 0.2) is 83.4 Å². The number of fused-ring (bicyclic) bond motifs is 5. The molecule has 7 rings (SSSR count). The molecular weight excluding hydrogens is 499 g/mol. The van der Waals surface area contributed by atoms with Gasteiger partial charge in [0.25, 0.3) is 0 Å². The van der Waals surface area contributed by atoms with E-state index in [4.69, 9.17) is 4.99 Å². The van der Waals surface area contributed by atoms with Crippen molar-refractivity contribution in [2.75, 3.05) is 4.90 Å². The molecule has 0 N–H and O–H groups in total. The Morgan fingerprint density at radius 3 is 2.34 bits per heavy atom. The van der Waals surface area contributed by atoms with Crippen molar-refractivity contribution in [2.45, 2.75) is 19.3 Å². The number of Topliss-reactive ketones (excluding diaryl/α,β-unsaturated/α-hetero) is 2. The number of carbonyl (C=O) groups excluding carboxylic acids is 2. The number of hydrogen-bond donors (Lipinski definition) is 0. The molecule has 0 saturated heterocycles. The zero-order valence-corrected chi connectivity index (χ0v) is 20.9. The van der Waals surface area contributed by atoms with Gasteiger partial charge >= 0.3 is 209 Å². The Balaban J connectivity index is 1.45. The zero-order chi connectivity index (χ0) is 23.9. The van der Waals surface area contributed by atoms with Gasteiger partial charge in [-0.05, 0) is 0 Å². The fraction of sp³-hybridized carbons (Fsp3) is 0.100. The van der Waals surface area contributed by atoms with Crippen LogP contribution in [0.1, 0.15) is 55.7 Å². The van der Waals surface area contributed by atoms with E-state index in [1.54, 1.807) is 12.1 Å². The third kappa shape index (κ3) is 2.77. The standard InChI is InChI=1S/C30H20N2O2Se/c1-30(2)22-11-7-12-24-26(22)32(25-13-6-3-8-17(25)16-31-24)29-23(30)15-18(35-29)14-21-27(33)19-9-4-5-10-20(19)28(21)34/h3-16H,1-2H3. The number of ketones is 2. The van der Waals surface area contributed by atoms with Crippen LogP contribution in [0.2, 0.25) is 0 Å². The number of carbonyl (C=O) groups is 2. The molecule has 0 atom stereocenters. The van der Waals surface area contributed by atoms with Gasteiger partial charge in [-0.3, -0.25) is 0 Å². The van der Waals surface area contributed by atoms with Crippen LogP contribution in [-0.4, -0.2) is 32.3 Å². The molecule has 0 radical (unpaired) electrons. The van der Waals surface area contributed by atoms with Crippen LogP contribution in [0, 0.1) is 0 Å². The first-order valence-corrected chi connectivity index (χ1v) is 13.3. The van der Waals surface area contributed by atoms with Crippen molar-refractivity contribution in [3.05, 3.63) is 111 Å². The Bertz CT molecular complexity index is 1630. The topological polar surface area (TPSA) is 49.7 Å². The van der Waals surface area contributed by atoms with E-state index < -0.39 is 0 Å². The van der Waals surface area contributed by atoms with Gasteiger partial charge in [0.2, 0.25) is 0 Å². The van der Waals surface area contributed by atoms with Crippen molar-refractivity contribution in [2.24, 2.45) is 4.99 Å². The summed E-state index contributed by atoms with van der Waals surface area (Å²) in [5, 5.41) is 0. The summed E-state index contributed by atoms with van der Waals surface area (Å²) in [6.45, 7) is 4.50. The van der Waals surface area contributed by atoms with Gasteiger partial charge in [-0.2, -0.15) is 0 Å². The molecule has 4 aromatic rings. The zero-order valence-electron chi connectivity index (χ0n) is 19.2. The van der Waals surface area contributed by atoms with E-state index in [1.165, 1.54) is 15.7 Å². The summed E-state index contributed by atoms with van der Waals surface area (Å²) in [5.74, 6) is -0.351. The fourth-order valence-corrected chi connectivity index (χ4v) is 8.11. The molecule has 1 aromatic heterocycles. The predicted molar refractivity (Wildman–Crippen MR) is 141 cm³/mol. The molecule has 0 fully saturated rings. The molecule has 3 heterocycles. The Morgan fingerprint density at radius 2 is 1.57 bits per heavy atom. The first-order chi connectivity index (χ1) is 16.9. The van der Waals surface area contributed by atoms with E-state index in [2.05, 4.69) is 61.2 Å². The van der Waals surface area contributed by atoms with Crippen LogP contribution in [0.25, 0.3) is 6.08 Å². The summed E-state index contributed by atoms with van der Waals surface area (Å²) in [6.07, 6.45) is 3.78. The van der Waals surface area contributed by atoms with Crippen LogP contribution >= 0.6 is 0 Å². The number of benzene rings is 3. The van der Waals surface area contributed by atoms with Crippen molar-refractivity contribution in [3.8, 4) is 0 Å².